The lowest BCUT2D eigenvalue weighted by Gasteiger charge is -2.40. The van der Waals surface area contributed by atoms with Crippen LogP contribution >= 0.6 is 0 Å². The minimum absolute atomic E-state index is 0.0196. The van der Waals surface area contributed by atoms with E-state index in [-0.39, 0.29) is 11.9 Å². The first-order chi connectivity index (χ1) is 8.66. The average molecular weight is 253 g/mol. The number of carbonyl (C=O) groups is 1. The Morgan fingerprint density at radius 3 is 2.33 bits per heavy atom. The maximum Gasteiger partial charge on any atom is 0.224 e. The molecule has 1 atom stereocenters. The highest BCUT2D eigenvalue weighted by molar-refractivity contribution is 5.76. The number of hydrogen-bond donors (Lipinski definition) is 1. The van der Waals surface area contributed by atoms with Crippen LogP contribution < -0.4 is 5.73 Å². The molecule has 0 bridgehead atoms. The van der Waals surface area contributed by atoms with E-state index in [9.17, 15) is 4.79 Å². The number of piperazine rings is 1. The fourth-order valence-electron chi connectivity index (χ4n) is 3.19. The Morgan fingerprint density at radius 1 is 1.17 bits per heavy atom. The van der Waals surface area contributed by atoms with Gasteiger partial charge in [-0.05, 0) is 19.8 Å². The number of nitrogens with two attached hydrogens (primary N) is 1. The molecule has 0 spiro atoms. The number of amides is 1. The molecule has 2 N–H and O–H groups in total. The Bertz CT molecular complexity index is 266. The molecule has 1 heterocycles. The zero-order valence-electron chi connectivity index (χ0n) is 11.6. The van der Waals surface area contributed by atoms with Crippen LogP contribution in [0.5, 0.6) is 0 Å². The Hall–Kier alpha value is -0.610. The first kappa shape index (κ1) is 13.8. The lowest BCUT2D eigenvalue weighted by molar-refractivity contribution is -0.133. The topological polar surface area (TPSA) is 49.6 Å². The predicted octanol–water partition coefficient (Wildman–Crippen LogP) is 1.20. The highest BCUT2D eigenvalue weighted by Crippen LogP contribution is 2.23. The molecule has 1 amide bonds. The van der Waals surface area contributed by atoms with E-state index in [0.29, 0.717) is 6.42 Å². The van der Waals surface area contributed by atoms with Crippen LogP contribution in [-0.2, 0) is 4.79 Å². The molecule has 0 radical (unpaired) electrons. The normalized spacial score (nSPS) is 25.1. The maximum absolute atomic E-state index is 11.9. The lowest BCUT2D eigenvalue weighted by Crippen LogP contribution is -2.52. The largest absolute Gasteiger partial charge is 0.340 e. The van der Waals surface area contributed by atoms with Gasteiger partial charge in [0.2, 0.25) is 5.91 Å². The van der Waals surface area contributed by atoms with Gasteiger partial charge < -0.3 is 10.6 Å². The second-order valence-corrected chi connectivity index (χ2v) is 5.89. The molecule has 0 aromatic heterocycles. The number of rotatable bonds is 3. The van der Waals surface area contributed by atoms with Crippen LogP contribution in [0.15, 0.2) is 0 Å². The van der Waals surface area contributed by atoms with Gasteiger partial charge in [-0.25, -0.2) is 0 Å². The van der Waals surface area contributed by atoms with E-state index in [2.05, 4.69) is 4.90 Å². The first-order valence-electron chi connectivity index (χ1n) is 7.44. The monoisotopic (exact) mass is 253 g/mol. The molecule has 4 nitrogen and oxygen atoms in total. The second kappa shape index (κ2) is 6.53. The van der Waals surface area contributed by atoms with E-state index in [4.69, 9.17) is 5.73 Å². The van der Waals surface area contributed by atoms with Crippen molar-refractivity contribution < 1.29 is 4.79 Å². The van der Waals surface area contributed by atoms with Crippen LogP contribution in [0.3, 0.4) is 0 Å². The Labute approximate surface area is 110 Å². The summed E-state index contributed by atoms with van der Waals surface area (Å²) in [4.78, 5) is 16.5. The Morgan fingerprint density at radius 2 is 1.78 bits per heavy atom. The minimum Gasteiger partial charge on any atom is -0.340 e. The molecule has 0 aromatic carbocycles. The van der Waals surface area contributed by atoms with Gasteiger partial charge in [-0.2, -0.15) is 0 Å². The molecule has 104 valence electrons. The lowest BCUT2D eigenvalue weighted by atomic mass is 9.94. The summed E-state index contributed by atoms with van der Waals surface area (Å²) in [5, 5.41) is 0. The van der Waals surface area contributed by atoms with Crippen LogP contribution in [0.25, 0.3) is 0 Å². The summed E-state index contributed by atoms with van der Waals surface area (Å²) in [5.74, 6) is 0.230. The zero-order chi connectivity index (χ0) is 13.0. The maximum atomic E-state index is 11.9. The fraction of sp³-hybridized carbons (Fsp3) is 0.929. The molecule has 4 heteroatoms. The van der Waals surface area contributed by atoms with Gasteiger partial charge in [0.1, 0.15) is 0 Å². The molecule has 2 rings (SSSR count). The van der Waals surface area contributed by atoms with Crippen LogP contribution in [-0.4, -0.2) is 54.0 Å². The van der Waals surface area contributed by atoms with Crippen LogP contribution in [0.2, 0.25) is 0 Å². The Balaban J connectivity index is 1.75. The summed E-state index contributed by atoms with van der Waals surface area (Å²) >= 11 is 0. The molecule has 1 aliphatic heterocycles. The van der Waals surface area contributed by atoms with Crippen LogP contribution in [0.4, 0.5) is 0 Å². The molecule has 2 fully saturated rings. The van der Waals surface area contributed by atoms with Gasteiger partial charge in [-0.3, -0.25) is 9.69 Å². The van der Waals surface area contributed by atoms with Gasteiger partial charge in [-0.1, -0.05) is 19.3 Å². The van der Waals surface area contributed by atoms with Crippen molar-refractivity contribution in [1.82, 2.24) is 9.80 Å². The summed E-state index contributed by atoms with van der Waals surface area (Å²) in [6.45, 7) is 5.78. The van der Waals surface area contributed by atoms with Gasteiger partial charge in [0.25, 0.3) is 0 Å². The average Bonchev–Trinajstić information content (AvgIpc) is 2.39. The summed E-state index contributed by atoms with van der Waals surface area (Å²) < 4.78 is 0. The van der Waals surface area contributed by atoms with E-state index in [1.54, 1.807) is 0 Å². The number of hydrogen-bond acceptors (Lipinski definition) is 3. The first-order valence-corrected chi connectivity index (χ1v) is 7.44. The van der Waals surface area contributed by atoms with Crippen molar-refractivity contribution in [3.8, 4) is 0 Å². The third-order valence-corrected chi connectivity index (χ3v) is 4.25. The molecule has 18 heavy (non-hydrogen) atoms. The number of nitrogens with zero attached hydrogens (tertiary/aromatic N) is 2. The van der Waals surface area contributed by atoms with Gasteiger partial charge >= 0.3 is 0 Å². The molecular formula is C14H27N3O. The highest BCUT2D eigenvalue weighted by Gasteiger charge is 2.26. The molecule has 1 aliphatic carbocycles. The third-order valence-electron chi connectivity index (χ3n) is 4.25. The van der Waals surface area contributed by atoms with Crippen molar-refractivity contribution in [3.05, 3.63) is 0 Å². The van der Waals surface area contributed by atoms with E-state index < -0.39 is 0 Å². The van der Waals surface area contributed by atoms with E-state index in [1.165, 1.54) is 32.1 Å². The fourth-order valence-corrected chi connectivity index (χ4v) is 3.19. The highest BCUT2D eigenvalue weighted by atomic mass is 16.2. The standard InChI is InChI=1S/C14H27N3O/c1-12(15)11-14(18)17-9-7-16(8-10-17)13-5-3-2-4-6-13/h12-13H,2-11,15H2,1H3. The quantitative estimate of drug-likeness (QED) is 0.822. The summed E-state index contributed by atoms with van der Waals surface area (Å²) in [5.41, 5.74) is 5.69. The summed E-state index contributed by atoms with van der Waals surface area (Å²) in [6, 6.07) is 0.762. The number of carbonyl (C=O) groups excluding carboxylic acids is 1. The van der Waals surface area contributed by atoms with Gasteiger partial charge in [0.15, 0.2) is 0 Å². The van der Waals surface area contributed by atoms with Crippen molar-refractivity contribution >= 4 is 5.91 Å². The zero-order valence-corrected chi connectivity index (χ0v) is 11.6. The molecule has 1 saturated heterocycles. The van der Waals surface area contributed by atoms with Crippen molar-refractivity contribution in [2.24, 2.45) is 5.73 Å². The molecular weight excluding hydrogens is 226 g/mol. The van der Waals surface area contributed by atoms with Crippen molar-refractivity contribution in [2.75, 3.05) is 26.2 Å². The van der Waals surface area contributed by atoms with Crippen LogP contribution in [0, 0.1) is 0 Å². The Kier molecular flexibility index (Phi) is 5.01. The van der Waals surface area contributed by atoms with Crippen molar-refractivity contribution in [3.63, 3.8) is 0 Å². The van der Waals surface area contributed by atoms with Gasteiger partial charge in [-0.15, -0.1) is 0 Å². The van der Waals surface area contributed by atoms with Crippen LogP contribution in [0.1, 0.15) is 45.4 Å². The van der Waals surface area contributed by atoms with E-state index >= 15 is 0 Å². The molecule has 0 aromatic rings. The second-order valence-electron chi connectivity index (χ2n) is 5.89. The van der Waals surface area contributed by atoms with Crippen molar-refractivity contribution in [2.45, 2.75) is 57.5 Å². The van der Waals surface area contributed by atoms with E-state index in [1.807, 2.05) is 11.8 Å². The molecule has 1 unspecified atom stereocenters. The molecule has 2 aliphatic rings. The van der Waals surface area contributed by atoms with E-state index in [0.717, 1.165) is 32.2 Å². The SMILES string of the molecule is CC(N)CC(=O)N1CCN(C2CCCCC2)CC1. The van der Waals surface area contributed by atoms with Gasteiger partial charge in [0.05, 0.1) is 0 Å². The summed E-state index contributed by atoms with van der Waals surface area (Å²) in [6.07, 6.45) is 7.37. The third kappa shape index (κ3) is 3.69. The molecule has 1 saturated carbocycles. The minimum atomic E-state index is -0.0196. The predicted molar refractivity (Wildman–Crippen MR) is 73.3 cm³/mol. The summed E-state index contributed by atoms with van der Waals surface area (Å²) in [7, 11) is 0. The smallest absolute Gasteiger partial charge is 0.224 e. The van der Waals surface area contributed by atoms with Gasteiger partial charge in [0, 0.05) is 44.7 Å². The van der Waals surface area contributed by atoms with Crippen molar-refractivity contribution in [1.29, 1.82) is 0 Å².